The van der Waals surface area contributed by atoms with Gasteiger partial charge in [-0.3, -0.25) is 4.79 Å². The third-order valence-electron chi connectivity index (χ3n) is 4.26. The van der Waals surface area contributed by atoms with Crippen molar-refractivity contribution in [2.75, 3.05) is 7.11 Å². The fourth-order valence-electron chi connectivity index (χ4n) is 2.93. The molecular formula is C21H21NO4. The summed E-state index contributed by atoms with van der Waals surface area (Å²) < 4.78 is 5.12. The van der Waals surface area contributed by atoms with Crippen LogP contribution in [0.1, 0.15) is 18.1 Å². The first-order valence-electron chi connectivity index (χ1n) is 8.36. The molecule has 0 aromatic heterocycles. The SMILES string of the molecule is CC=CC1C(C=O)=C(c2ccccc2)ON1Cc1ccc(OC)cc1O. The van der Waals surface area contributed by atoms with Crippen molar-refractivity contribution in [3.63, 3.8) is 0 Å². The van der Waals surface area contributed by atoms with Gasteiger partial charge in [0, 0.05) is 17.2 Å². The number of hydroxylamine groups is 2. The number of rotatable bonds is 6. The van der Waals surface area contributed by atoms with E-state index in [4.69, 9.17) is 9.57 Å². The average molecular weight is 351 g/mol. The smallest absolute Gasteiger partial charge is 0.163 e. The number of nitrogens with zero attached hydrogens (tertiary/aromatic N) is 1. The van der Waals surface area contributed by atoms with Crippen LogP contribution in [0.25, 0.3) is 5.76 Å². The molecule has 0 aliphatic carbocycles. The molecule has 0 saturated heterocycles. The van der Waals surface area contributed by atoms with Crippen molar-refractivity contribution in [3.05, 3.63) is 77.4 Å². The monoisotopic (exact) mass is 351 g/mol. The van der Waals surface area contributed by atoms with E-state index in [1.54, 1.807) is 30.4 Å². The third-order valence-corrected chi connectivity index (χ3v) is 4.26. The van der Waals surface area contributed by atoms with Crippen LogP contribution in [0, 0.1) is 0 Å². The minimum Gasteiger partial charge on any atom is -0.507 e. The summed E-state index contributed by atoms with van der Waals surface area (Å²) in [5.74, 6) is 1.24. The van der Waals surface area contributed by atoms with Crippen molar-refractivity contribution in [1.82, 2.24) is 5.06 Å². The topological polar surface area (TPSA) is 59.0 Å². The van der Waals surface area contributed by atoms with Gasteiger partial charge in [-0.15, -0.1) is 5.06 Å². The molecule has 0 amide bonds. The molecule has 0 saturated carbocycles. The van der Waals surface area contributed by atoms with Crippen molar-refractivity contribution in [2.24, 2.45) is 0 Å². The van der Waals surface area contributed by atoms with Crippen molar-refractivity contribution in [1.29, 1.82) is 0 Å². The van der Waals surface area contributed by atoms with Crippen LogP contribution in [-0.4, -0.2) is 29.6 Å². The Hall–Kier alpha value is -3.05. The molecule has 2 aromatic rings. The predicted molar refractivity (Wildman–Crippen MR) is 99.3 cm³/mol. The maximum Gasteiger partial charge on any atom is 0.163 e. The normalized spacial score (nSPS) is 17.5. The standard InChI is InChI=1S/C21H21NO4/c1-3-7-19-18(14-23)21(15-8-5-4-6-9-15)26-22(19)13-16-10-11-17(25-2)12-20(16)24/h3-12,14,19,24H,13H2,1-2H3. The summed E-state index contributed by atoms with van der Waals surface area (Å²) in [5, 5.41) is 11.9. The van der Waals surface area contributed by atoms with Crippen LogP contribution >= 0.6 is 0 Å². The summed E-state index contributed by atoms with van der Waals surface area (Å²) in [4.78, 5) is 17.8. The summed E-state index contributed by atoms with van der Waals surface area (Å²) in [5.41, 5.74) is 2.08. The average Bonchev–Trinajstić information content (AvgIpc) is 3.01. The summed E-state index contributed by atoms with van der Waals surface area (Å²) in [7, 11) is 1.55. The first-order chi connectivity index (χ1) is 12.7. The Labute approximate surface area is 152 Å². The number of methoxy groups -OCH3 is 1. The van der Waals surface area contributed by atoms with Gasteiger partial charge in [0.1, 0.15) is 11.5 Å². The maximum atomic E-state index is 11.8. The van der Waals surface area contributed by atoms with E-state index in [-0.39, 0.29) is 11.8 Å². The molecule has 0 bridgehead atoms. The zero-order valence-corrected chi connectivity index (χ0v) is 14.8. The van der Waals surface area contributed by atoms with Crippen molar-refractivity contribution in [3.8, 4) is 11.5 Å². The van der Waals surface area contributed by atoms with Gasteiger partial charge in [0.15, 0.2) is 12.0 Å². The van der Waals surface area contributed by atoms with Crippen LogP contribution < -0.4 is 4.74 Å². The summed E-state index contributed by atoms with van der Waals surface area (Å²) in [6.07, 6.45) is 4.62. The number of phenolic OH excluding ortho intramolecular Hbond substituents is 1. The molecule has 1 N–H and O–H groups in total. The molecule has 1 aliphatic rings. The molecule has 3 rings (SSSR count). The van der Waals surface area contributed by atoms with Crippen molar-refractivity contribution >= 4 is 12.0 Å². The Morgan fingerprint density at radius 3 is 2.62 bits per heavy atom. The van der Waals surface area contributed by atoms with Crippen LogP contribution in [-0.2, 0) is 16.2 Å². The van der Waals surface area contributed by atoms with E-state index in [1.165, 1.54) is 0 Å². The first kappa shape index (κ1) is 17.8. The minimum atomic E-state index is -0.325. The quantitative estimate of drug-likeness (QED) is 0.635. The van der Waals surface area contributed by atoms with Crippen LogP contribution in [0.3, 0.4) is 0 Å². The lowest BCUT2D eigenvalue weighted by molar-refractivity contribution is -0.107. The minimum absolute atomic E-state index is 0.119. The Kier molecular flexibility index (Phi) is 5.39. The van der Waals surface area contributed by atoms with Gasteiger partial charge in [-0.05, 0) is 13.0 Å². The first-order valence-corrected chi connectivity index (χ1v) is 8.36. The molecule has 5 nitrogen and oxygen atoms in total. The van der Waals surface area contributed by atoms with E-state index in [0.717, 1.165) is 11.8 Å². The molecule has 26 heavy (non-hydrogen) atoms. The summed E-state index contributed by atoms with van der Waals surface area (Å²) in [6, 6.07) is 14.3. The van der Waals surface area contributed by atoms with Gasteiger partial charge in [-0.25, -0.2) is 0 Å². The Morgan fingerprint density at radius 1 is 1.23 bits per heavy atom. The number of hydrogen-bond donors (Lipinski definition) is 1. The number of hydrogen-bond acceptors (Lipinski definition) is 5. The highest BCUT2D eigenvalue weighted by atomic mass is 16.7. The predicted octanol–water partition coefficient (Wildman–Crippen LogP) is 3.70. The highest BCUT2D eigenvalue weighted by Crippen LogP contribution is 2.35. The second-order valence-corrected chi connectivity index (χ2v) is 5.90. The van der Waals surface area contributed by atoms with Crippen LogP contribution in [0.5, 0.6) is 11.5 Å². The largest absolute Gasteiger partial charge is 0.507 e. The number of aromatic hydroxyl groups is 1. The third kappa shape index (κ3) is 3.48. The highest BCUT2D eigenvalue weighted by molar-refractivity contribution is 5.89. The fraction of sp³-hybridized carbons (Fsp3) is 0.190. The number of benzene rings is 2. The molecule has 0 fully saturated rings. The zero-order valence-electron chi connectivity index (χ0n) is 14.8. The van der Waals surface area contributed by atoms with Gasteiger partial charge in [-0.2, -0.15) is 0 Å². The van der Waals surface area contributed by atoms with Crippen LogP contribution in [0.4, 0.5) is 0 Å². The van der Waals surface area contributed by atoms with Gasteiger partial charge in [0.25, 0.3) is 0 Å². The van der Waals surface area contributed by atoms with Gasteiger partial charge >= 0.3 is 0 Å². The second-order valence-electron chi connectivity index (χ2n) is 5.90. The zero-order chi connectivity index (χ0) is 18.5. The number of allylic oxidation sites excluding steroid dienone is 1. The van der Waals surface area contributed by atoms with E-state index in [0.29, 0.717) is 29.2 Å². The molecular weight excluding hydrogens is 330 g/mol. The summed E-state index contributed by atoms with van der Waals surface area (Å²) in [6.45, 7) is 2.21. The van der Waals surface area contributed by atoms with E-state index >= 15 is 0 Å². The van der Waals surface area contributed by atoms with Gasteiger partial charge in [0.05, 0.1) is 25.3 Å². The molecule has 5 heteroatoms. The molecule has 0 radical (unpaired) electrons. The van der Waals surface area contributed by atoms with Gasteiger partial charge in [0.2, 0.25) is 0 Å². The van der Waals surface area contributed by atoms with Gasteiger partial charge in [-0.1, -0.05) is 48.6 Å². The molecule has 0 spiro atoms. The summed E-state index contributed by atoms with van der Waals surface area (Å²) >= 11 is 0. The number of aldehydes is 1. The lowest BCUT2D eigenvalue weighted by Gasteiger charge is -2.22. The Morgan fingerprint density at radius 2 is 2.00 bits per heavy atom. The maximum absolute atomic E-state index is 11.8. The molecule has 1 unspecified atom stereocenters. The van der Waals surface area contributed by atoms with E-state index in [1.807, 2.05) is 49.4 Å². The van der Waals surface area contributed by atoms with Crippen LogP contribution in [0.15, 0.2) is 66.3 Å². The van der Waals surface area contributed by atoms with Crippen molar-refractivity contribution < 1.29 is 19.5 Å². The van der Waals surface area contributed by atoms with Gasteiger partial charge < -0.3 is 14.7 Å². The molecule has 1 aliphatic heterocycles. The lowest BCUT2D eigenvalue weighted by Crippen LogP contribution is -2.29. The Balaban J connectivity index is 1.92. The Bertz CT molecular complexity index is 842. The fourth-order valence-corrected chi connectivity index (χ4v) is 2.93. The van der Waals surface area contributed by atoms with Crippen LogP contribution in [0.2, 0.25) is 0 Å². The number of ether oxygens (including phenoxy) is 1. The molecule has 134 valence electrons. The number of carbonyl (C=O) groups excluding carboxylic acids is 1. The second kappa shape index (κ2) is 7.89. The molecule has 2 aromatic carbocycles. The molecule has 1 heterocycles. The molecule has 1 atom stereocenters. The van der Waals surface area contributed by atoms with Crippen molar-refractivity contribution in [2.45, 2.75) is 19.5 Å². The number of phenols is 1. The van der Waals surface area contributed by atoms with E-state index < -0.39 is 0 Å². The number of carbonyl (C=O) groups is 1. The lowest BCUT2D eigenvalue weighted by atomic mass is 10.0. The van der Waals surface area contributed by atoms with E-state index in [9.17, 15) is 9.90 Å². The highest BCUT2D eigenvalue weighted by Gasteiger charge is 2.34. The van der Waals surface area contributed by atoms with E-state index in [2.05, 4.69) is 0 Å².